The minimum absolute atomic E-state index is 0.171. The predicted octanol–water partition coefficient (Wildman–Crippen LogP) is 3.24. The van der Waals surface area contributed by atoms with Crippen LogP contribution in [0, 0.1) is 13.8 Å². The van der Waals surface area contributed by atoms with Gasteiger partial charge in [-0.3, -0.25) is 0 Å². The summed E-state index contributed by atoms with van der Waals surface area (Å²) in [5, 5.41) is 7.64. The Bertz CT molecular complexity index is 578. The fourth-order valence-corrected chi connectivity index (χ4v) is 2.62. The summed E-state index contributed by atoms with van der Waals surface area (Å²) in [7, 11) is 0. The molecule has 5 heteroatoms. The Kier molecular flexibility index (Phi) is 5.63. The highest BCUT2D eigenvalue weighted by Crippen LogP contribution is 2.14. The Morgan fingerprint density at radius 3 is 2.57 bits per heavy atom. The molecule has 0 bridgehead atoms. The second-order valence-electron chi connectivity index (χ2n) is 4.80. The Hall–Kier alpha value is -2.01. The molecule has 0 aliphatic heterocycles. The van der Waals surface area contributed by atoms with E-state index in [0.29, 0.717) is 19.7 Å². The number of rotatable bonds is 6. The van der Waals surface area contributed by atoms with Crippen molar-refractivity contribution >= 4 is 17.4 Å². The monoisotopic (exact) mass is 304 g/mol. The number of carbonyl (C=O) groups excluding carboxylic acids is 1. The van der Waals surface area contributed by atoms with Gasteiger partial charge in [0.05, 0.1) is 13.1 Å². The lowest BCUT2D eigenvalue weighted by Crippen LogP contribution is -2.37. The molecule has 0 atom stereocenters. The van der Waals surface area contributed by atoms with Gasteiger partial charge in [0, 0.05) is 4.88 Å². The molecule has 0 saturated heterocycles. The second-order valence-corrected chi connectivity index (χ2v) is 5.80. The van der Waals surface area contributed by atoms with Gasteiger partial charge in [-0.15, -0.1) is 11.3 Å². The first-order valence-electron chi connectivity index (χ1n) is 6.89. The highest BCUT2D eigenvalue weighted by atomic mass is 32.1. The van der Waals surface area contributed by atoms with Crippen LogP contribution >= 0.6 is 11.3 Å². The molecule has 2 aromatic rings. The predicted molar refractivity (Wildman–Crippen MR) is 86.0 cm³/mol. The van der Waals surface area contributed by atoms with Crippen molar-refractivity contribution in [3.8, 4) is 5.75 Å². The first-order chi connectivity index (χ1) is 10.1. The van der Waals surface area contributed by atoms with Crippen LogP contribution in [0.5, 0.6) is 5.75 Å². The van der Waals surface area contributed by atoms with Crippen LogP contribution in [-0.2, 0) is 6.54 Å². The average Bonchev–Trinajstić information content (AvgIpc) is 2.89. The maximum absolute atomic E-state index is 11.6. The van der Waals surface area contributed by atoms with Crippen LogP contribution < -0.4 is 15.4 Å². The third-order valence-electron chi connectivity index (χ3n) is 3.06. The van der Waals surface area contributed by atoms with Crippen LogP contribution in [0.2, 0.25) is 0 Å². The largest absolute Gasteiger partial charge is 0.492 e. The van der Waals surface area contributed by atoms with Crippen LogP contribution in [0.15, 0.2) is 35.7 Å². The molecule has 0 unspecified atom stereocenters. The van der Waals surface area contributed by atoms with Gasteiger partial charge in [-0.05, 0) is 43.0 Å². The van der Waals surface area contributed by atoms with Gasteiger partial charge < -0.3 is 15.4 Å². The van der Waals surface area contributed by atoms with E-state index in [4.69, 9.17) is 4.74 Å². The van der Waals surface area contributed by atoms with Crippen molar-refractivity contribution < 1.29 is 9.53 Å². The van der Waals surface area contributed by atoms with Crippen LogP contribution in [-0.4, -0.2) is 19.2 Å². The third kappa shape index (κ3) is 5.11. The Balaban J connectivity index is 1.61. The van der Waals surface area contributed by atoms with Crippen molar-refractivity contribution in [3.63, 3.8) is 0 Å². The van der Waals surface area contributed by atoms with E-state index in [-0.39, 0.29) is 6.03 Å². The fraction of sp³-hybridized carbons (Fsp3) is 0.312. The molecule has 0 fully saturated rings. The Morgan fingerprint density at radius 1 is 1.14 bits per heavy atom. The zero-order valence-electron chi connectivity index (χ0n) is 12.3. The molecule has 2 N–H and O–H groups in total. The van der Waals surface area contributed by atoms with E-state index in [2.05, 4.69) is 16.7 Å². The van der Waals surface area contributed by atoms with Gasteiger partial charge in [-0.2, -0.15) is 0 Å². The first-order valence-corrected chi connectivity index (χ1v) is 7.77. The third-order valence-corrected chi connectivity index (χ3v) is 4.08. The first kappa shape index (κ1) is 15.4. The van der Waals surface area contributed by atoms with Crippen molar-refractivity contribution in [1.29, 1.82) is 0 Å². The summed E-state index contributed by atoms with van der Waals surface area (Å²) >= 11 is 1.65. The summed E-state index contributed by atoms with van der Waals surface area (Å²) in [6, 6.07) is 9.73. The molecule has 2 rings (SSSR count). The number of hydrogen-bond donors (Lipinski definition) is 2. The Labute approximate surface area is 129 Å². The van der Waals surface area contributed by atoms with Crippen molar-refractivity contribution in [3.05, 3.63) is 51.7 Å². The number of amides is 2. The lowest BCUT2D eigenvalue weighted by molar-refractivity contribution is 0.236. The zero-order chi connectivity index (χ0) is 15.1. The SMILES string of the molecule is Cc1ccc(OCCNC(=O)NCc2sccc2C)cc1. The van der Waals surface area contributed by atoms with Gasteiger partial charge in [-0.1, -0.05) is 17.7 Å². The Morgan fingerprint density at radius 2 is 1.90 bits per heavy atom. The number of nitrogens with one attached hydrogen (secondary N) is 2. The molecule has 0 aliphatic carbocycles. The molecule has 0 spiro atoms. The average molecular weight is 304 g/mol. The van der Waals surface area contributed by atoms with Crippen molar-refractivity contribution in [1.82, 2.24) is 10.6 Å². The summed E-state index contributed by atoms with van der Waals surface area (Å²) in [4.78, 5) is 12.8. The quantitative estimate of drug-likeness (QED) is 0.805. The fourth-order valence-electron chi connectivity index (χ4n) is 1.78. The lowest BCUT2D eigenvalue weighted by atomic mass is 10.2. The molecule has 0 radical (unpaired) electrons. The van der Waals surface area contributed by atoms with E-state index in [0.717, 1.165) is 5.75 Å². The summed E-state index contributed by atoms with van der Waals surface area (Å²) in [6.07, 6.45) is 0. The minimum atomic E-state index is -0.171. The second kappa shape index (κ2) is 7.69. The molecule has 1 aromatic carbocycles. The van der Waals surface area contributed by atoms with Gasteiger partial charge in [0.1, 0.15) is 12.4 Å². The highest BCUT2D eigenvalue weighted by molar-refractivity contribution is 7.10. The molecular weight excluding hydrogens is 284 g/mol. The zero-order valence-corrected chi connectivity index (χ0v) is 13.1. The number of thiophene rings is 1. The van der Waals surface area contributed by atoms with E-state index in [1.54, 1.807) is 11.3 Å². The van der Waals surface area contributed by atoms with Crippen LogP contribution in [0.1, 0.15) is 16.0 Å². The van der Waals surface area contributed by atoms with Crippen molar-refractivity contribution in [2.45, 2.75) is 20.4 Å². The van der Waals surface area contributed by atoms with Gasteiger partial charge in [-0.25, -0.2) is 4.79 Å². The number of ether oxygens (including phenoxy) is 1. The van der Waals surface area contributed by atoms with E-state index in [1.807, 2.05) is 43.5 Å². The lowest BCUT2D eigenvalue weighted by Gasteiger charge is -2.09. The molecule has 21 heavy (non-hydrogen) atoms. The maximum Gasteiger partial charge on any atom is 0.315 e. The van der Waals surface area contributed by atoms with Crippen molar-refractivity contribution in [2.24, 2.45) is 0 Å². The topological polar surface area (TPSA) is 50.4 Å². The molecule has 1 aromatic heterocycles. The van der Waals surface area contributed by atoms with E-state index >= 15 is 0 Å². The summed E-state index contributed by atoms with van der Waals surface area (Å²) in [5.41, 5.74) is 2.41. The molecule has 1 heterocycles. The van der Waals surface area contributed by atoms with E-state index in [1.165, 1.54) is 16.0 Å². The minimum Gasteiger partial charge on any atom is -0.492 e. The van der Waals surface area contributed by atoms with Gasteiger partial charge in [0.25, 0.3) is 0 Å². The molecule has 112 valence electrons. The normalized spacial score (nSPS) is 10.2. The standard InChI is InChI=1S/C16H20N2O2S/c1-12-3-5-14(6-4-12)20-9-8-17-16(19)18-11-15-13(2)7-10-21-15/h3-7,10H,8-9,11H2,1-2H3,(H2,17,18,19). The van der Waals surface area contributed by atoms with Crippen LogP contribution in [0.4, 0.5) is 4.79 Å². The van der Waals surface area contributed by atoms with Gasteiger partial charge >= 0.3 is 6.03 Å². The van der Waals surface area contributed by atoms with Gasteiger partial charge in [0.15, 0.2) is 0 Å². The summed E-state index contributed by atoms with van der Waals surface area (Å²) in [5.74, 6) is 0.817. The smallest absolute Gasteiger partial charge is 0.315 e. The molecular formula is C16H20N2O2S. The van der Waals surface area contributed by atoms with Crippen LogP contribution in [0.25, 0.3) is 0 Å². The summed E-state index contributed by atoms with van der Waals surface area (Å²) in [6.45, 7) is 5.57. The van der Waals surface area contributed by atoms with E-state index < -0.39 is 0 Å². The number of benzene rings is 1. The molecule has 0 saturated carbocycles. The number of hydrogen-bond acceptors (Lipinski definition) is 3. The van der Waals surface area contributed by atoms with Crippen LogP contribution in [0.3, 0.4) is 0 Å². The van der Waals surface area contributed by atoms with Crippen molar-refractivity contribution in [2.75, 3.05) is 13.2 Å². The number of carbonyl (C=O) groups is 1. The molecule has 2 amide bonds. The summed E-state index contributed by atoms with van der Waals surface area (Å²) < 4.78 is 5.54. The highest BCUT2D eigenvalue weighted by Gasteiger charge is 2.03. The van der Waals surface area contributed by atoms with Gasteiger partial charge in [0.2, 0.25) is 0 Å². The molecule has 0 aliphatic rings. The van der Waals surface area contributed by atoms with E-state index in [9.17, 15) is 4.79 Å². The number of urea groups is 1. The molecule has 4 nitrogen and oxygen atoms in total. The maximum atomic E-state index is 11.6. The number of aryl methyl sites for hydroxylation is 2.